The van der Waals surface area contributed by atoms with E-state index in [0.29, 0.717) is 6.42 Å². The summed E-state index contributed by atoms with van der Waals surface area (Å²) >= 11 is 0. The van der Waals surface area contributed by atoms with Crippen LogP contribution in [0.3, 0.4) is 0 Å². The monoisotopic (exact) mass is 883 g/mol. The second kappa shape index (κ2) is 28.6. The average Bonchev–Trinajstić information content (AvgIpc) is 3.18. The minimum atomic E-state index is -2.26. The van der Waals surface area contributed by atoms with Gasteiger partial charge in [0, 0.05) is 44.1 Å². The van der Waals surface area contributed by atoms with Crippen LogP contribution in [0.1, 0.15) is 91.9 Å². The first-order chi connectivity index (χ1) is 29.3. The van der Waals surface area contributed by atoms with Crippen molar-refractivity contribution in [3.63, 3.8) is 0 Å². The zero-order chi connectivity index (χ0) is 46.4. The van der Waals surface area contributed by atoms with Crippen molar-refractivity contribution >= 4 is 11.9 Å². The third-order valence-corrected chi connectivity index (χ3v) is 11.1. The highest BCUT2D eigenvalue weighted by Gasteiger charge is 2.50. The highest BCUT2D eigenvalue weighted by atomic mass is 16.7. The van der Waals surface area contributed by atoms with Gasteiger partial charge < -0.3 is 75.7 Å². The summed E-state index contributed by atoms with van der Waals surface area (Å²) in [4.78, 5) is 24.7. The second-order valence-corrected chi connectivity index (χ2v) is 16.4. The second-order valence-electron chi connectivity index (χ2n) is 16.4. The fourth-order valence-electron chi connectivity index (χ4n) is 7.24. The molecule has 0 aromatic heterocycles. The predicted octanol–water partition coefficient (Wildman–Crippen LogP) is 1.58. The summed E-state index contributed by atoms with van der Waals surface area (Å²) < 4.78 is 23.0. The Hall–Kier alpha value is -3.14. The van der Waals surface area contributed by atoms with Gasteiger partial charge in [0.15, 0.2) is 12.1 Å². The summed E-state index contributed by atoms with van der Waals surface area (Å²) in [6.45, 7) is 7.01. The van der Waals surface area contributed by atoms with Gasteiger partial charge in [0.25, 0.3) is 0 Å². The van der Waals surface area contributed by atoms with Crippen LogP contribution in [0.2, 0.25) is 0 Å². The molecule has 0 aromatic carbocycles. The Morgan fingerprint density at radius 2 is 1.44 bits per heavy atom. The number of carbonyl (C=O) groups excluding carboxylic acids is 1. The number of hydrogen-bond acceptors (Lipinski definition) is 16. The van der Waals surface area contributed by atoms with E-state index >= 15 is 0 Å². The molecule has 62 heavy (non-hydrogen) atoms. The number of aliphatic hydroxyl groups excluding tert-OH is 8. The van der Waals surface area contributed by atoms with E-state index in [1.807, 2.05) is 49.5 Å². The molecule has 2 fully saturated rings. The standard InChI is InChI=1S/C45H73NO16/c1-5-7-8-9-10-11-12-13-14-15-16-17-33(61-42-24-34(46)39(54)27-59-42)23-40-43(44(56)57)38(53)26-45(58,62-40)25-32(49)21-37(52)36(51)19-18-30(47)20-31(48)22-41(55)60-29(4)28(3)35(50)6-2/h5,7-17,28-40,42-43,47-54,58H,6,18-27,46H2,1-4H3,(H,56,57)/b7-5+,9-8+,11-10+,13-12+,15-14+,17-16+/t28-,29-,30+,31+,32-,33-,34+,35+,36+,37+,38-,39+,40-,42-,43?,45+/m0/s1. The maximum Gasteiger partial charge on any atom is 0.311 e. The van der Waals surface area contributed by atoms with Crippen molar-refractivity contribution in [3.05, 3.63) is 72.9 Å². The number of aliphatic carboxylic acids is 1. The van der Waals surface area contributed by atoms with E-state index in [9.17, 15) is 60.7 Å². The van der Waals surface area contributed by atoms with Crippen molar-refractivity contribution in [2.24, 2.45) is 17.6 Å². The van der Waals surface area contributed by atoms with Gasteiger partial charge in [-0.05, 0) is 39.5 Å². The predicted molar refractivity (Wildman–Crippen MR) is 229 cm³/mol. The summed E-state index contributed by atoms with van der Waals surface area (Å²) in [5, 5.41) is 106. The van der Waals surface area contributed by atoms with Crippen LogP contribution in [-0.4, -0.2) is 155 Å². The molecular weight excluding hydrogens is 810 g/mol. The Morgan fingerprint density at radius 1 is 0.823 bits per heavy atom. The number of hydrogen-bond donors (Lipinski definition) is 11. The Kier molecular flexibility index (Phi) is 25.4. The first kappa shape index (κ1) is 55.0. The minimum absolute atomic E-state index is 0.0802. The molecule has 2 heterocycles. The minimum Gasteiger partial charge on any atom is -0.481 e. The molecule has 12 N–H and O–H groups in total. The molecule has 1 unspecified atom stereocenters. The van der Waals surface area contributed by atoms with Crippen LogP contribution < -0.4 is 5.73 Å². The molecule has 0 amide bonds. The summed E-state index contributed by atoms with van der Waals surface area (Å²) in [5.74, 6) is -6.19. The van der Waals surface area contributed by atoms with Gasteiger partial charge in [0.05, 0.1) is 74.1 Å². The molecule has 2 saturated heterocycles. The molecule has 354 valence electrons. The number of allylic oxidation sites excluding steroid dienone is 11. The van der Waals surface area contributed by atoms with E-state index in [-0.39, 0.29) is 44.6 Å². The van der Waals surface area contributed by atoms with Crippen molar-refractivity contribution in [1.29, 1.82) is 0 Å². The Bertz CT molecular complexity index is 1490. The molecule has 0 spiro atoms. The molecule has 0 bridgehead atoms. The van der Waals surface area contributed by atoms with Crippen LogP contribution in [0.4, 0.5) is 0 Å². The van der Waals surface area contributed by atoms with Crippen LogP contribution in [0, 0.1) is 11.8 Å². The fourth-order valence-corrected chi connectivity index (χ4v) is 7.24. The first-order valence-corrected chi connectivity index (χ1v) is 21.5. The Morgan fingerprint density at radius 3 is 2.02 bits per heavy atom. The third kappa shape index (κ3) is 20.6. The number of esters is 1. The van der Waals surface area contributed by atoms with E-state index in [1.54, 1.807) is 51.2 Å². The summed E-state index contributed by atoms with van der Waals surface area (Å²) in [6.07, 6.45) is 5.71. The van der Waals surface area contributed by atoms with Gasteiger partial charge >= 0.3 is 11.9 Å². The fraction of sp³-hybridized carbons (Fsp3) is 0.689. The maximum atomic E-state index is 12.4. The summed E-state index contributed by atoms with van der Waals surface area (Å²) in [7, 11) is 0. The van der Waals surface area contributed by atoms with Gasteiger partial charge in [0.2, 0.25) is 0 Å². The SMILES string of the molecule is C/C=C/C=C/C=C/C=C/C=C/C=C/[C@@H](C[C@@H]1O[C@](O)(C[C@@H](O)C[C@@H](O)[C@H](O)CC[C@@H](O)C[C@@H](O)CC(=O)O[C@@H](C)[C@H](C)[C@H](O)CC)C[C@H](O)C1C(=O)O)O[C@H]1C[C@@H](N)[C@H](O)CO1. The zero-order valence-electron chi connectivity index (χ0n) is 36.4. The van der Waals surface area contributed by atoms with E-state index in [2.05, 4.69) is 0 Å². The summed E-state index contributed by atoms with van der Waals surface area (Å²) in [6, 6.07) is -0.643. The molecule has 16 atom stereocenters. The van der Waals surface area contributed by atoms with E-state index in [4.69, 9.17) is 24.7 Å². The lowest BCUT2D eigenvalue weighted by Crippen LogP contribution is -2.56. The lowest BCUT2D eigenvalue weighted by Gasteiger charge is -2.44. The van der Waals surface area contributed by atoms with Crippen molar-refractivity contribution < 1.29 is 79.6 Å². The van der Waals surface area contributed by atoms with Crippen LogP contribution >= 0.6 is 0 Å². The number of rotatable bonds is 27. The zero-order valence-corrected chi connectivity index (χ0v) is 36.4. The van der Waals surface area contributed by atoms with Gasteiger partial charge in [-0.3, -0.25) is 9.59 Å². The maximum absolute atomic E-state index is 12.4. The van der Waals surface area contributed by atoms with Crippen molar-refractivity contribution in [3.8, 4) is 0 Å². The average molecular weight is 884 g/mol. The molecule has 2 rings (SSSR count). The smallest absolute Gasteiger partial charge is 0.311 e. The number of nitrogens with two attached hydrogens (primary N) is 1. The normalized spacial score (nSPS) is 29.6. The number of ether oxygens (including phenoxy) is 4. The molecule has 0 radical (unpaired) electrons. The van der Waals surface area contributed by atoms with Crippen LogP contribution in [0.25, 0.3) is 0 Å². The Labute approximate surface area is 365 Å². The quantitative estimate of drug-likeness (QED) is 0.0412. The van der Waals surface area contributed by atoms with Crippen molar-refractivity contribution in [2.75, 3.05) is 6.61 Å². The molecular formula is C45H73NO16. The van der Waals surface area contributed by atoms with Gasteiger partial charge in [-0.1, -0.05) is 86.8 Å². The summed E-state index contributed by atoms with van der Waals surface area (Å²) in [5.41, 5.74) is 6.02. The van der Waals surface area contributed by atoms with Crippen LogP contribution in [-0.2, 0) is 28.5 Å². The molecule has 0 aliphatic carbocycles. The molecule has 17 nitrogen and oxygen atoms in total. The number of carboxylic acid groups (broad SMARTS) is 1. The third-order valence-electron chi connectivity index (χ3n) is 11.1. The highest BCUT2D eigenvalue weighted by molar-refractivity contribution is 5.71. The van der Waals surface area contributed by atoms with E-state index in [1.165, 1.54) is 0 Å². The largest absolute Gasteiger partial charge is 0.481 e. The Balaban J connectivity index is 2.04. The molecule has 2 aliphatic heterocycles. The van der Waals surface area contributed by atoms with Crippen LogP contribution in [0.5, 0.6) is 0 Å². The lowest BCUT2D eigenvalue weighted by molar-refractivity contribution is -0.303. The number of aliphatic hydroxyl groups is 9. The van der Waals surface area contributed by atoms with Crippen LogP contribution in [0.15, 0.2) is 72.9 Å². The number of carboxylic acids is 1. The first-order valence-electron chi connectivity index (χ1n) is 21.5. The number of carbonyl (C=O) groups is 2. The molecule has 17 heteroatoms. The molecule has 0 aromatic rings. The molecule has 2 aliphatic rings. The molecule has 0 saturated carbocycles. The van der Waals surface area contributed by atoms with Crippen molar-refractivity contribution in [2.45, 2.75) is 177 Å². The van der Waals surface area contributed by atoms with Gasteiger partial charge in [-0.15, -0.1) is 0 Å². The van der Waals surface area contributed by atoms with E-state index < -0.39 is 129 Å². The van der Waals surface area contributed by atoms with E-state index in [0.717, 1.165) is 0 Å². The van der Waals surface area contributed by atoms with Gasteiger partial charge in [0.1, 0.15) is 12.0 Å². The van der Waals surface area contributed by atoms with Crippen molar-refractivity contribution in [1.82, 2.24) is 0 Å². The topological polar surface area (TPSA) is 299 Å². The highest BCUT2D eigenvalue weighted by Crippen LogP contribution is 2.38. The lowest BCUT2D eigenvalue weighted by atomic mass is 9.82. The van der Waals surface area contributed by atoms with Gasteiger partial charge in [-0.25, -0.2) is 0 Å². The van der Waals surface area contributed by atoms with Gasteiger partial charge in [-0.2, -0.15) is 0 Å².